The number of Topliss-reactive ketones (excluding diaryl/α,β-unsaturated/α-hetero) is 1. The van der Waals surface area contributed by atoms with Crippen LogP contribution in [-0.2, 0) is 4.79 Å². The zero-order valence-electron chi connectivity index (χ0n) is 9.22. The summed E-state index contributed by atoms with van der Waals surface area (Å²) in [7, 11) is 3.63. The molecule has 0 N–H and O–H groups in total. The molecule has 0 radical (unpaired) electrons. The third-order valence-corrected chi connectivity index (χ3v) is 4.60. The summed E-state index contributed by atoms with van der Waals surface area (Å²) in [4.78, 5) is 11.4. The molecule has 0 amide bonds. The Morgan fingerprint density at radius 1 is 1.38 bits per heavy atom. The fraction of sp³-hybridized carbons (Fsp3) is 0.900. The van der Waals surface area contributed by atoms with Crippen molar-refractivity contribution < 1.29 is 4.79 Å². The van der Waals surface area contributed by atoms with Crippen molar-refractivity contribution in [2.24, 2.45) is 5.92 Å². The van der Waals surface area contributed by atoms with Crippen molar-refractivity contribution in [2.45, 2.75) is 45.3 Å². The molecule has 0 unspecified atom stereocenters. The Hall–Kier alpha value is 0.370. The van der Waals surface area contributed by atoms with E-state index in [0.717, 1.165) is 12.8 Å². The van der Waals surface area contributed by atoms with E-state index in [4.69, 9.17) is 0 Å². The molecule has 13 heavy (non-hydrogen) atoms. The van der Waals surface area contributed by atoms with Crippen LogP contribution in [0.2, 0.25) is 0 Å². The third kappa shape index (κ3) is 6.44. The second-order valence-corrected chi connectivity index (χ2v) is 7.24. The Bertz CT molecular complexity index is 164. The lowest BCUT2D eigenvalue weighted by Crippen LogP contribution is -2.17. The van der Waals surface area contributed by atoms with Crippen LogP contribution in [0.25, 0.3) is 0 Å². The Balaban J connectivity index is 3.80. The lowest BCUT2D eigenvalue weighted by molar-refractivity contribution is -0.122. The van der Waals surface area contributed by atoms with Crippen LogP contribution in [0.1, 0.15) is 40.5 Å². The second kappa shape index (κ2) is 5.97. The molecule has 0 saturated heterocycles. The molecule has 0 aromatic heterocycles. The van der Waals surface area contributed by atoms with Crippen molar-refractivity contribution in [1.82, 2.24) is 0 Å². The molecule has 0 spiro atoms. The molecule has 0 aliphatic rings. The van der Waals surface area contributed by atoms with Gasteiger partial charge in [-0.3, -0.25) is 4.79 Å². The average Bonchev–Trinajstić information content (AvgIpc) is 2.00. The molecule has 0 fully saturated rings. The summed E-state index contributed by atoms with van der Waals surface area (Å²) in [6.45, 7) is 8.33. The van der Waals surface area contributed by atoms with Crippen molar-refractivity contribution in [2.75, 3.05) is 6.26 Å². The zero-order valence-corrected chi connectivity index (χ0v) is 10.8. The topological polar surface area (TPSA) is 17.1 Å². The molecule has 0 aliphatic heterocycles. The van der Waals surface area contributed by atoms with E-state index in [1.807, 2.05) is 24.6 Å². The van der Waals surface area contributed by atoms with E-state index in [1.54, 1.807) is 10.8 Å². The zero-order chi connectivity index (χ0) is 10.5. The maximum Gasteiger partial charge on any atom is 0.135 e. The van der Waals surface area contributed by atoms with Crippen molar-refractivity contribution in [1.29, 1.82) is 0 Å². The first-order chi connectivity index (χ1) is 5.89. The fourth-order valence-corrected chi connectivity index (χ4v) is 3.22. The van der Waals surface area contributed by atoms with Crippen molar-refractivity contribution >= 4 is 27.4 Å². The molecule has 0 saturated carbocycles. The molecule has 0 heterocycles. The Labute approximate surface area is 89.8 Å². The SMILES string of the molecule is CSSC(C)(C)CCC(=O)C(C)C. The third-order valence-electron chi connectivity index (χ3n) is 1.93. The van der Waals surface area contributed by atoms with Crippen LogP contribution < -0.4 is 0 Å². The van der Waals surface area contributed by atoms with E-state index >= 15 is 0 Å². The molecule has 78 valence electrons. The fourth-order valence-electron chi connectivity index (χ4n) is 0.980. The summed E-state index contributed by atoms with van der Waals surface area (Å²) in [5.41, 5.74) is 0. The van der Waals surface area contributed by atoms with Gasteiger partial charge in [0.15, 0.2) is 0 Å². The maximum absolute atomic E-state index is 11.4. The molecule has 0 rings (SSSR count). The minimum Gasteiger partial charge on any atom is -0.299 e. The molecule has 0 atom stereocenters. The highest BCUT2D eigenvalue weighted by Gasteiger charge is 2.20. The Kier molecular flexibility index (Phi) is 6.14. The van der Waals surface area contributed by atoms with Gasteiger partial charge >= 0.3 is 0 Å². The molecule has 0 aromatic rings. The monoisotopic (exact) mass is 220 g/mol. The normalized spacial score (nSPS) is 12.2. The van der Waals surface area contributed by atoms with Crippen molar-refractivity contribution in [3.8, 4) is 0 Å². The number of hydrogen-bond donors (Lipinski definition) is 0. The highest BCUT2D eigenvalue weighted by atomic mass is 33.1. The highest BCUT2D eigenvalue weighted by molar-refractivity contribution is 8.76. The molecule has 0 aliphatic carbocycles. The van der Waals surface area contributed by atoms with Gasteiger partial charge in [0.1, 0.15) is 5.78 Å². The van der Waals surface area contributed by atoms with E-state index in [9.17, 15) is 4.79 Å². The summed E-state index contributed by atoms with van der Waals surface area (Å²) in [6.07, 6.45) is 3.78. The van der Waals surface area contributed by atoms with E-state index in [2.05, 4.69) is 20.1 Å². The molecule has 3 heteroatoms. The first-order valence-corrected chi connectivity index (χ1v) is 7.19. The lowest BCUT2D eigenvalue weighted by Gasteiger charge is -2.22. The molecule has 0 bridgehead atoms. The van der Waals surface area contributed by atoms with Gasteiger partial charge in [-0.15, -0.1) is 0 Å². The van der Waals surface area contributed by atoms with Gasteiger partial charge < -0.3 is 0 Å². The van der Waals surface area contributed by atoms with Crippen LogP contribution in [0.15, 0.2) is 0 Å². The summed E-state index contributed by atoms with van der Waals surface area (Å²) in [6, 6.07) is 0. The van der Waals surface area contributed by atoms with Gasteiger partial charge in [-0.2, -0.15) is 0 Å². The molecular weight excluding hydrogens is 200 g/mol. The second-order valence-electron chi connectivity index (χ2n) is 4.13. The standard InChI is InChI=1S/C10H20OS2/c1-8(2)9(11)6-7-10(3,4)13-12-5/h8H,6-7H2,1-5H3. The number of rotatable bonds is 6. The maximum atomic E-state index is 11.4. The average molecular weight is 220 g/mol. The minimum absolute atomic E-state index is 0.190. The van der Waals surface area contributed by atoms with Gasteiger partial charge in [0.2, 0.25) is 0 Å². The minimum atomic E-state index is 0.190. The Morgan fingerprint density at radius 3 is 2.31 bits per heavy atom. The van der Waals surface area contributed by atoms with Crippen molar-refractivity contribution in [3.63, 3.8) is 0 Å². The van der Waals surface area contributed by atoms with Crippen LogP contribution in [0.3, 0.4) is 0 Å². The lowest BCUT2D eigenvalue weighted by atomic mass is 9.99. The number of carbonyl (C=O) groups excluding carboxylic acids is 1. The van der Waals surface area contributed by atoms with Crippen LogP contribution in [0, 0.1) is 5.92 Å². The molecule has 1 nitrogen and oxygen atoms in total. The van der Waals surface area contributed by atoms with E-state index < -0.39 is 0 Å². The predicted molar refractivity (Wildman–Crippen MR) is 64.3 cm³/mol. The van der Waals surface area contributed by atoms with E-state index in [1.165, 1.54) is 0 Å². The van der Waals surface area contributed by atoms with Crippen LogP contribution >= 0.6 is 21.6 Å². The summed E-state index contributed by atoms with van der Waals surface area (Å²) >= 11 is 0. The van der Waals surface area contributed by atoms with Gasteiger partial charge in [-0.05, 0) is 26.5 Å². The number of carbonyl (C=O) groups is 1. The van der Waals surface area contributed by atoms with Gasteiger partial charge in [-0.25, -0.2) is 0 Å². The first kappa shape index (κ1) is 13.4. The van der Waals surface area contributed by atoms with Crippen LogP contribution in [0.4, 0.5) is 0 Å². The van der Waals surface area contributed by atoms with Crippen LogP contribution in [0.5, 0.6) is 0 Å². The quantitative estimate of drug-likeness (QED) is 0.634. The largest absolute Gasteiger partial charge is 0.299 e. The number of ketones is 1. The number of hydrogen-bond acceptors (Lipinski definition) is 3. The molecule has 0 aromatic carbocycles. The van der Waals surface area contributed by atoms with Gasteiger partial charge in [-0.1, -0.05) is 35.4 Å². The predicted octanol–water partition coefficient (Wildman–Crippen LogP) is 3.78. The summed E-state index contributed by atoms with van der Waals surface area (Å²) in [5, 5.41) is 0. The van der Waals surface area contributed by atoms with E-state index in [-0.39, 0.29) is 10.7 Å². The first-order valence-electron chi connectivity index (χ1n) is 4.63. The van der Waals surface area contributed by atoms with Gasteiger partial charge in [0.05, 0.1) is 0 Å². The molecular formula is C10H20OS2. The smallest absolute Gasteiger partial charge is 0.135 e. The summed E-state index contributed by atoms with van der Waals surface area (Å²) < 4.78 is 0.226. The Morgan fingerprint density at radius 2 is 1.92 bits per heavy atom. The van der Waals surface area contributed by atoms with E-state index in [0.29, 0.717) is 5.78 Å². The van der Waals surface area contributed by atoms with Crippen LogP contribution in [-0.4, -0.2) is 16.8 Å². The van der Waals surface area contributed by atoms with Gasteiger partial charge in [0, 0.05) is 17.1 Å². The van der Waals surface area contributed by atoms with Gasteiger partial charge in [0.25, 0.3) is 0 Å². The summed E-state index contributed by atoms with van der Waals surface area (Å²) in [5.74, 6) is 0.574. The highest BCUT2D eigenvalue weighted by Crippen LogP contribution is 2.37. The van der Waals surface area contributed by atoms with Crippen molar-refractivity contribution in [3.05, 3.63) is 0 Å².